The Morgan fingerprint density at radius 1 is 1.09 bits per heavy atom. The van der Waals surface area contributed by atoms with Crippen molar-refractivity contribution in [3.63, 3.8) is 0 Å². The van der Waals surface area contributed by atoms with E-state index in [1.807, 2.05) is 29.0 Å². The molecule has 33 heavy (non-hydrogen) atoms. The van der Waals surface area contributed by atoms with E-state index < -0.39 is 35.8 Å². The number of esters is 1. The number of aromatic nitrogens is 2. The summed E-state index contributed by atoms with van der Waals surface area (Å²) in [5, 5.41) is 29.8. The van der Waals surface area contributed by atoms with E-state index in [2.05, 4.69) is 4.98 Å². The summed E-state index contributed by atoms with van der Waals surface area (Å²) in [6, 6.07) is 6.93. The van der Waals surface area contributed by atoms with Gasteiger partial charge in [0.15, 0.2) is 12.2 Å². The lowest BCUT2D eigenvalue weighted by Crippen LogP contribution is -2.64. The SMILES string of the molecule is O=C(O)C(O)C(O)C(=O)OC1(C(c2cccc(Cl)c2)n2ccnc2)C2CC3CC(C2)CC1C3. The Kier molecular flexibility index (Phi) is 5.71. The number of carbonyl (C=O) groups excluding carboxylic acids is 1. The van der Waals surface area contributed by atoms with Crippen LogP contribution < -0.4 is 0 Å². The van der Waals surface area contributed by atoms with Crippen LogP contribution in [0.5, 0.6) is 0 Å². The molecule has 3 N–H and O–H groups in total. The van der Waals surface area contributed by atoms with E-state index in [9.17, 15) is 19.8 Å². The molecule has 0 radical (unpaired) electrons. The number of carbonyl (C=O) groups is 2. The summed E-state index contributed by atoms with van der Waals surface area (Å²) in [4.78, 5) is 28.5. The smallest absolute Gasteiger partial charge is 0.339 e. The lowest BCUT2D eigenvalue weighted by Gasteiger charge is -2.62. The van der Waals surface area contributed by atoms with Crippen LogP contribution in [0.3, 0.4) is 0 Å². The normalized spacial score (nSPS) is 32.8. The first kappa shape index (κ1) is 22.4. The molecule has 6 rings (SSSR count). The first-order valence-corrected chi connectivity index (χ1v) is 11.7. The third kappa shape index (κ3) is 3.74. The second kappa shape index (κ2) is 8.42. The van der Waals surface area contributed by atoms with Crippen LogP contribution in [0.25, 0.3) is 0 Å². The van der Waals surface area contributed by atoms with Gasteiger partial charge in [0.05, 0.1) is 12.4 Å². The minimum absolute atomic E-state index is 0.0262. The number of imidazole rings is 1. The molecule has 4 bridgehead atoms. The maximum absolute atomic E-state index is 13.1. The number of aliphatic carboxylic acids is 1. The van der Waals surface area contributed by atoms with Crippen molar-refractivity contribution < 1.29 is 29.6 Å². The van der Waals surface area contributed by atoms with Gasteiger partial charge in [0.25, 0.3) is 0 Å². The van der Waals surface area contributed by atoms with Gasteiger partial charge in [0.2, 0.25) is 0 Å². The molecule has 4 aliphatic carbocycles. The molecule has 176 valence electrons. The zero-order valence-corrected chi connectivity index (χ0v) is 18.7. The van der Waals surface area contributed by atoms with E-state index in [1.165, 1.54) is 6.42 Å². The van der Waals surface area contributed by atoms with E-state index in [0.29, 0.717) is 16.9 Å². The number of rotatable bonds is 7. The van der Waals surface area contributed by atoms with Crippen molar-refractivity contribution in [1.29, 1.82) is 0 Å². The highest BCUT2D eigenvalue weighted by Crippen LogP contribution is 2.63. The molecule has 0 spiro atoms. The maximum atomic E-state index is 13.1. The molecule has 0 aliphatic heterocycles. The minimum Gasteiger partial charge on any atom is -0.479 e. The number of aliphatic hydroxyl groups excluding tert-OH is 2. The van der Waals surface area contributed by atoms with E-state index in [-0.39, 0.29) is 11.8 Å². The second-order valence-electron chi connectivity index (χ2n) is 9.77. The topological polar surface area (TPSA) is 122 Å². The molecule has 2 aromatic rings. The summed E-state index contributed by atoms with van der Waals surface area (Å²) in [6.07, 6.45) is 5.46. The summed E-state index contributed by atoms with van der Waals surface area (Å²) >= 11 is 6.35. The summed E-state index contributed by atoms with van der Waals surface area (Å²) < 4.78 is 8.13. The van der Waals surface area contributed by atoms with Crippen LogP contribution in [-0.2, 0) is 14.3 Å². The zero-order chi connectivity index (χ0) is 23.3. The quantitative estimate of drug-likeness (QED) is 0.527. The molecule has 1 aromatic carbocycles. The van der Waals surface area contributed by atoms with E-state index >= 15 is 0 Å². The molecule has 4 fully saturated rings. The fraction of sp³-hybridized carbons (Fsp3) is 0.542. The second-order valence-corrected chi connectivity index (χ2v) is 10.2. The van der Waals surface area contributed by atoms with Gasteiger partial charge in [-0.3, -0.25) is 0 Å². The Morgan fingerprint density at radius 2 is 1.76 bits per heavy atom. The molecular weight excluding hydrogens is 448 g/mol. The molecular formula is C24H27ClN2O6. The summed E-state index contributed by atoms with van der Waals surface area (Å²) in [7, 11) is 0. The molecule has 9 heteroatoms. The molecule has 0 amide bonds. The molecule has 4 saturated carbocycles. The van der Waals surface area contributed by atoms with Crippen LogP contribution in [0.1, 0.15) is 43.7 Å². The Morgan fingerprint density at radius 3 is 2.30 bits per heavy atom. The van der Waals surface area contributed by atoms with Gasteiger partial charge in [-0.2, -0.15) is 0 Å². The molecule has 4 aliphatic rings. The van der Waals surface area contributed by atoms with Crippen LogP contribution >= 0.6 is 11.6 Å². The van der Waals surface area contributed by atoms with Crippen molar-refractivity contribution in [3.05, 3.63) is 53.6 Å². The standard InChI is InChI=1S/C24H27ClN2O6/c25-18-3-1-2-15(11-18)21(27-5-4-26-12-27)24(33-23(32)20(29)19(28)22(30)31)16-7-13-6-14(9-16)10-17(24)8-13/h1-5,11-14,16-17,19-21,28-29H,6-10H2,(H,30,31). The van der Waals surface area contributed by atoms with Crippen molar-refractivity contribution in [1.82, 2.24) is 9.55 Å². The maximum Gasteiger partial charge on any atom is 0.339 e. The first-order valence-electron chi connectivity index (χ1n) is 11.3. The van der Waals surface area contributed by atoms with Crippen LogP contribution in [0.4, 0.5) is 0 Å². The van der Waals surface area contributed by atoms with Crippen LogP contribution in [0, 0.1) is 23.7 Å². The fourth-order valence-electron chi connectivity index (χ4n) is 6.85. The number of hydrogen-bond acceptors (Lipinski definition) is 6. The van der Waals surface area contributed by atoms with Gasteiger partial charge >= 0.3 is 11.9 Å². The van der Waals surface area contributed by atoms with E-state index in [4.69, 9.17) is 21.4 Å². The third-order valence-electron chi connectivity index (χ3n) is 7.90. The molecule has 1 aromatic heterocycles. The minimum atomic E-state index is -2.26. The van der Waals surface area contributed by atoms with E-state index in [1.54, 1.807) is 18.6 Å². The van der Waals surface area contributed by atoms with Crippen molar-refractivity contribution >= 4 is 23.5 Å². The zero-order valence-electron chi connectivity index (χ0n) is 18.0. The van der Waals surface area contributed by atoms with Crippen LogP contribution in [0.15, 0.2) is 43.0 Å². The first-order chi connectivity index (χ1) is 15.8. The average Bonchev–Trinajstić information content (AvgIpc) is 3.30. The van der Waals surface area contributed by atoms with E-state index in [0.717, 1.165) is 31.2 Å². The van der Waals surface area contributed by atoms with Gasteiger partial charge < -0.3 is 24.6 Å². The fourth-order valence-corrected chi connectivity index (χ4v) is 7.05. The lowest BCUT2D eigenvalue weighted by molar-refractivity contribution is -0.230. The number of halogens is 1. The number of carboxylic acid groups (broad SMARTS) is 1. The number of carboxylic acids is 1. The molecule has 3 atom stereocenters. The number of aliphatic hydroxyl groups is 2. The van der Waals surface area contributed by atoms with Gasteiger partial charge in [0, 0.05) is 29.3 Å². The van der Waals surface area contributed by atoms with Crippen LogP contribution in [0.2, 0.25) is 5.02 Å². The molecule has 8 nitrogen and oxygen atoms in total. The monoisotopic (exact) mass is 474 g/mol. The summed E-state index contributed by atoms with van der Waals surface area (Å²) in [5.74, 6) is -1.62. The van der Waals surface area contributed by atoms with Crippen molar-refractivity contribution in [2.75, 3.05) is 0 Å². The van der Waals surface area contributed by atoms with Gasteiger partial charge in [-0.1, -0.05) is 23.7 Å². The average molecular weight is 475 g/mol. The van der Waals surface area contributed by atoms with Gasteiger partial charge in [0.1, 0.15) is 5.60 Å². The number of hydrogen-bond donors (Lipinski definition) is 3. The molecule has 0 saturated heterocycles. The van der Waals surface area contributed by atoms with Crippen molar-refractivity contribution in [2.24, 2.45) is 23.7 Å². The number of ether oxygens (including phenoxy) is 1. The highest BCUT2D eigenvalue weighted by atomic mass is 35.5. The predicted molar refractivity (Wildman–Crippen MR) is 117 cm³/mol. The van der Waals surface area contributed by atoms with Crippen LogP contribution in [-0.4, -0.2) is 54.6 Å². The van der Waals surface area contributed by atoms with Crippen molar-refractivity contribution in [3.8, 4) is 0 Å². The Balaban J connectivity index is 1.63. The van der Waals surface area contributed by atoms with Crippen molar-refractivity contribution in [2.45, 2.75) is 56.0 Å². The molecule has 1 heterocycles. The summed E-state index contributed by atoms with van der Waals surface area (Å²) in [6.45, 7) is 0. The van der Waals surface area contributed by atoms with Gasteiger partial charge in [-0.05, 0) is 61.6 Å². The Hall–Kier alpha value is -2.42. The number of nitrogens with zero attached hydrogens (tertiary/aromatic N) is 2. The Bertz CT molecular complexity index is 1010. The highest BCUT2D eigenvalue weighted by molar-refractivity contribution is 6.30. The Labute approximate surface area is 196 Å². The molecule has 3 unspecified atom stereocenters. The largest absolute Gasteiger partial charge is 0.479 e. The predicted octanol–water partition coefficient (Wildman–Crippen LogP) is 2.67. The summed E-state index contributed by atoms with van der Waals surface area (Å²) in [5.41, 5.74) is -0.191. The third-order valence-corrected chi connectivity index (χ3v) is 8.14. The van der Waals surface area contributed by atoms with Gasteiger partial charge in [-0.25, -0.2) is 14.6 Å². The highest BCUT2D eigenvalue weighted by Gasteiger charge is 2.64. The lowest BCUT2D eigenvalue weighted by atomic mass is 9.47. The van der Waals surface area contributed by atoms with Gasteiger partial charge in [-0.15, -0.1) is 0 Å². The number of benzene rings is 1.